The topological polar surface area (TPSA) is 86.7 Å². The minimum Gasteiger partial charge on any atom is -0.497 e. The third kappa shape index (κ3) is 4.09. The second kappa shape index (κ2) is 8.20. The predicted molar refractivity (Wildman–Crippen MR) is 110 cm³/mol. The number of hydrazone groups is 1. The Morgan fingerprint density at radius 2 is 1.55 bits per heavy atom. The van der Waals surface area contributed by atoms with Crippen LogP contribution >= 0.6 is 0 Å². The molecule has 0 spiro atoms. The summed E-state index contributed by atoms with van der Waals surface area (Å²) in [6, 6.07) is 10.1. The second-order valence-corrected chi connectivity index (χ2v) is 8.32. The lowest BCUT2D eigenvalue weighted by atomic mass is 9.98. The maximum Gasteiger partial charge on any atom is 0.247 e. The van der Waals surface area contributed by atoms with E-state index in [-0.39, 0.29) is 0 Å². The van der Waals surface area contributed by atoms with Crippen LogP contribution in [0.25, 0.3) is 0 Å². The summed E-state index contributed by atoms with van der Waals surface area (Å²) in [5.41, 5.74) is 2.04. The first-order valence-electron chi connectivity index (χ1n) is 8.83. The molecule has 1 heterocycles. The van der Waals surface area contributed by atoms with E-state index < -0.39 is 16.1 Å². The molecule has 29 heavy (non-hydrogen) atoms. The number of sulfonamides is 1. The molecule has 0 aromatic heterocycles. The second-order valence-electron chi connectivity index (χ2n) is 6.48. The number of methoxy groups -OCH3 is 4. The third-order valence-electron chi connectivity index (χ3n) is 4.73. The summed E-state index contributed by atoms with van der Waals surface area (Å²) >= 11 is 0. The molecular formula is C20H24N2O6S. The first kappa shape index (κ1) is 20.8. The Kier molecular flexibility index (Phi) is 5.88. The fourth-order valence-electron chi connectivity index (χ4n) is 3.32. The van der Waals surface area contributed by atoms with Crippen molar-refractivity contribution in [1.82, 2.24) is 4.41 Å². The van der Waals surface area contributed by atoms with E-state index in [1.807, 2.05) is 6.07 Å². The standard InChI is InChI=1S/C20H24N2O6S/c1-25-14-7-9-18(26-2)15(11-14)17-12-16(21-22(17)29(5,23)24)13-6-8-19(27-3)20(10-13)28-4/h6-11,17H,12H2,1-5H3. The van der Waals surface area contributed by atoms with Crippen LogP contribution < -0.4 is 18.9 Å². The van der Waals surface area contributed by atoms with E-state index >= 15 is 0 Å². The summed E-state index contributed by atoms with van der Waals surface area (Å²) in [4.78, 5) is 0. The molecule has 1 atom stereocenters. The highest BCUT2D eigenvalue weighted by Gasteiger charge is 2.36. The summed E-state index contributed by atoms with van der Waals surface area (Å²) in [6.07, 6.45) is 1.50. The molecule has 3 rings (SSSR count). The molecule has 9 heteroatoms. The van der Waals surface area contributed by atoms with Crippen LogP contribution in [0.3, 0.4) is 0 Å². The summed E-state index contributed by atoms with van der Waals surface area (Å²) in [5.74, 6) is 2.30. The molecule has 0 aliphatic carbocycles. The molecule has 8 nitrogen and oxygen atoms in total. The fraction of sp³-hybridized carbons (Fsp3) is 0.350. The average Bonchev–Trinajstić information content (AvgIpc) is 3.18. The number of ether oxygens (including phenoxy) is 4. The predicted octanol–water partition coefficient (Wildman–Crippen LogP) is 2.83. The molecule has 0 saturated carbocycles. The van der Waals surface area contributed by atoms with Crippen molar-refractivity contribution in [1.29, 1.82) is 0 Å². The van der Waals surface area contributed by atoms with Crippen molar-refractivity contribution in [2.75, 3.05) is 34.7 Å². The Labute approximate surface area is 170 Å². The fourth-order valence-corrected chi connectivity index (χ4v) is 4.21. The molecule has 0 amide bonds. The molecule has 1 aliphatic rings. The Morgan fingerprint density at radius 3 is 2.14 bits per heavy atom. The number of hydrogen-bond acceptors (Lipinski definition) is 7. The zero-order chi connectivity index (χ0) is 21.2. The maximum absolute atomic E-state index is 12.5. The monoisotopic (exact) mass is 420 g/mol. The van der Waals surface area contributed by atoms with Gasteiger partial charge in [-0.1, -0.05) is 0 Å². The Morgan fingerprint density at radius 1 is 0.897 bits per heavy atom. The molecule has 0 radical (unpaired) electrons. The van der Waals surface area contributed by atoms with Gasteiger partial charge in [0.2, 0.25) is 10.0 Å². The molecular weight excluding hydrogens is 396 g/mol. The lowest BCUT2D eigenvalue weighted by Gasteiger charge is -2.23. The molecule has 0 fully saturated rings. The van der Waals surface area contributed by atoms with Crippen LogP contribution in [-0.2, 0) is 10.0 Å². The minimum atomic E-state index is -3.62. The molecule has 0 N–H and O–H groups in total. The van der Waals surface area contributed by atoms with Crippen molar-refractivity contribution in [3.8, 4) is 23.0 Å². The van der Waals surface area contributed by atoms with Crippen LogP contribution in [0.2, 0.25) is 0 Å². The van der Waals surface area contributed by atoms with Crippen molar-refractivity contribution in [2.45, 2.75) is 12.5 Å². The van der Waals surface area contributed by atoms with E-state index in [1.54, 1.807) is 58.8 Å². The van der Waals surface area contributed by atoms with E-state index in [0.717, 1.165) is 16.2 Å². The maximum atomic E-state index is 12.5. The summed E-state index contributed by atoms with van der Waals surface area (Å²) < 4.78 is 47.5. The largest absolute Gasteiger partial charge is 0.497 e. The van der Waals surface area contributed by atoms with Gasteiger partial charge in [0.05, 0.1) is 46.4 Å². The Bertz CT molecular complexity index is 1040. The first-order chi connectivity index (χ1) is 13.8. The quantitative estimate of drug-likeness (QED) is 0.685. The van der Waals surface area contributed by atoms with Crippen molar-refractivity contribution >= 4 is 15.7 Å². The zero-order valence-corrected chi connectivity index (χ0v) is 17.8. The summed E-state index contributed by atoms with van der Waals surface area (Å²) in [5, 5.41) is 4.42. The zero-order valence-electron chi connectivity index (χ0n) is 17.0. The van der Waals surface area contributed by atoms with Gasteiger partial charge in [-0.15, -0.1) is 0 Å². The van der Waals surface area contributed by atoms with E-state index in [1.165, 1.54) is 0 Å². The Balaban J connectivity index is 2.07. The van der Waals surface area contributed by atoms with Crippen LogP contribution in [0, 0.1) is 0 Å². The van der Waals surface area contributed by atoms with Gasteiger partial charge >= 0.3 is 0 Å². The molecule has 156 valence electrons. The minimum absolute atomic E-state index is 0.367. The van der Waals surface area contributed by atoms with E-state index in [2.05, 4.69) is 5.10 Å². The van der Waals surface area contributed by atoms with Gasteiger partial charge < -0.3 is 18.9 Å². The number of rotatable bonds is 7. The van der Waals surface area contributed by atoms with Crippen LogP contribution in [0.1, 0.15) is 23.6 Å². The van der Waals surface area contributed by atoms with Gasteiger partial charge in [-0.25, -0.2) is 8.42 Å². The number of hydrogen-bond donors (Lipinski definition) is 0. The lowest BCUT2D eigenvalue weighted by Crippen LogP contribution is -2.26. The summed E-state index contributed by atoms with van der Waals surface area (Å²) in [7, 11) is 2.58. The van der Waals surface area contributed by atoms with Crippen LogP contribution in [0.4, 0.5) is 0 Å². The van der Waals surface area contributed by atoms with Gasteiger partial charge in [0.25, 0.3) is 0 Å². The van der Waals surface area contributed by atoms with Gasteiger partial charge in [-0.3, -0.25) is 0 Å². The van der Waals surface area contributed by atoms with Crippen LogP contribution in [0.15, 0.2) is 41.5 Å². The Hall–Kier alpha value is -2.94. The van der Waals surface area contributed by atoms with E-state index in [4.69, 9.17) is 18.9 Å². The van der Waals surface area contributed by atoms with Gasteiger partial charge in [-0.2, -0.15) is 9.52 Å². The summed E-state index contributed by atoms with van der Waals surface area (Å²) in [6.45, 7) is 0. The van der Waals surface area contributed by atoms with E-state index in [9.17, 15) is 8.42 Å². The smallest absolute Gasteiger partial charge is 0.247 e. The van der Waals surface area contributed by atoms with Crippen LogP contribution in [-0.4, -0.2) is 53.2 Å². The van der Waals surface area contributed by atoms with Gasteiger partial charge in [0, 0.05) is 17.5 Å². The molecule has 1 aliphatic heterocycles. The number of benzene rings is 2. The number of nitrogens with zero attached hydrogens (tertiary/aromatic N) is 2. The highest BCUT2D eigenvalue weighted by molar-refractivity contribution is 7.88. The third-order valence-corrected chi connectivity index (χ3v) is 5.74. The van der Waals surface area contributed by atoms with Crippen molar-refractivity contribution in [3.63, 3.8) is 0 Å². The van der Waals surface area contributed by atoms with Gasteiger partial charge in [0.15, 0.2) is 11.5 Å². The molecule has 2 aromatic carbocycles. The van der Waals surface area contributed by atoms with Gasteiger partial charge in [0.1, 0.15) is 11.5 Å². The lowest BCUT2D eigenvalue weighted by molar-refractivity contribution is 0.348. The van der Waals surface area contributed by atoms with Gasteiger partial charge in [-0.05, 0) is 36.4 Å². The normalized spacial score (nSPS) is 16.4. The van der Waals surface area contributed by atoms with Crippen molar-refractivity contribution in [2.24, 2.45) is 5.10 Å². The molecule has 0 saturated heterocycles. The SMILES string of the molecule is COc1ccc(OC)c(C2CC(c3ccc(OC)c(OC)c3)=NN2S(C)(=O)=O)c1. The molecule has 2 aromatic rings. The average molecular weight is 420 g/mol. The van der Waals surface area contributed by atoms with Crippen molar-refractivity contribution < 1.29 is 27.4 Å². The van der Waals surface area contributed by atoms with E-state index in [0.29, 0.717) is 40.7 Å². The highest BCUT2D eigenvalue weighted by Crippen LogP contribution is 2.41. The van der Waals surface area contributed by atoms with Crippen LogP contribution in [0.5, 0.6) is 23.0 Å². The first-order valence-corrected chi connectivity index (χ1v) is 10.7. The van der Waals surface area contributed by atoms with Crippen molar-refractivity contribution in [3.05, 3.63) is 47.5 Å². The highest BCUT2D eigenvalue weighted by atomic mass is 32.2. The molecule has 0 bridgehead atoms. The molecule has 1 unspecified atom stereocenters.